The van der Waals surface area contributed by atoms with Crippen LogP contribution in [0.15, 0.2) is 15.7 Å². The molecule has 1 saturated heterocycles. The van der Waals surface area contributed by atoms with E-state index in [4.69, 9.17) is 5.84 Å². The maximum Gasteiger partial charge on any atom is 0.350 e. The Hall–Kier alpha value is -2.35. The SMILES string of the molecule is Cc1c(N2CCC(C(C)(C)O)C2)c(F)cc2c(=O)n(N)c(=O)n(C3CC3)c12. The van der Waals surface area contributed by atoms with Gasteiger partial charge < -0.3 is 15.8 Å². The van der Waals surface area contributed by atoms with E-state index in [1.165, 1.54) is 6.07 Å². The number of hydrogen-bond donors (Lipinski definition) is 2. The molecule has 27 heavy (non-hydrogen) atoms. The first-order chi connectivity index (χ1) is 12.6. The Balaban J connectivity index is 1.94. The molecule has 0 bridgehead atoms. The van der Waals surface area contributed by atoms with Crippen LogP contribution in [0.2, 0.25) is 0 Å². The van der Waals surface area contributed by atoms with Gasteiger partial charge in [-0.3, -0.25) is 9.36 Å². The van der Waals surface area contributed by atoms with Crippen molar-refractivity contribution in [3.05, 3.63) is 38.3 Å². The molecule has 2 aromatic rings. The van der Waals surface area contributed by atoms with Gasteiger partial charge in [-0.25, -0.2) is 9.18 Å². The van der Waals surface area contributed by atoms with E-state index in [1.54, 1.807) is 25.3 Å². The number of nitrogen functional groups attached to an aromatic ring is 1. The average molecular weight is 376 g/mol. The zero-order chi connectivity index (χ0) is 19.7. The Labute approximate surface area is 155 Å². The number of rotatable bonds is 3. The van der Waals surface area contributed by atoms with E-state index in [2.05, 4.69) is 0 Å². The molecule has 1 saturated carbocycles. The van der Waals surface area contributed by atoms with Crippen molar-refractivity contribution in [1.82, 2.24) is 9.24 Å². The molecule has 0 amide bonds. The molecule has 1 unspecified atom stereocenters. The zero-order valence-electron chi connectivity index (χ0n) is 15.8. The van der Waals surface area contributed by atoms with E-state index in [0.717, 1.165) is 19.3 Å². The normalized spacial score (nSPS) is 20.6. The molecule has 4 rings (SSSR count). The second-order valence-corrected chi connectivity index (χ2v) is 8.37. The largest absolute Gasteiger partial charge is 0.390 e. The summed E-state index contributed by atoms with van der Waals surface area (Å²) >= 11 is 0. The predicted octanol–water partition coefficient (Wildman–Crippen LogP) is 1.26. The molecule has 0 radical (unpaired) electrons. The highest BCUT2D eigenvalue weighted by atomic mass is 19.1. The van der Waals surface area contributed by atoms with Crippen molar-refractivity contribution in [2.24, 2.45) is 5.92 Å². The van der Waals surface area contributed by atoms with Gasteiger partial charge in [0, 0.05) is 30.6 Å². The van der Waals surface area contributed by atoms with Crippen molar-refractivity contribution < 1.29 is 9.50 Å². The summed E-state index contributed by atoms with van der Waals surface area (Å²) in [6.45, 7) is 6.41. The van der Waals surface area contributed by atoms with Crippen LogP contribution >= 0.6 is 0 Å². The lowest BCUT2D eigenvalue weighted by Gasteiger charge is -2.27. The number of aliphatic hydroxyl groups is 1. The summed E-state index contributed by atoms with van der Waals surface area (Å²) in [6, 6.07) is 1.19. The van der Waals surface area contributed by atoms with Crippen molar-refractivity contribution in [2.75, 3.05) is 23.8 Å². The fourth-order valence-corrected chi connectivity index (χ4v) is 4.26. The van der Waals surface area contributed by atoms with Crippen molar-refractivity contribution in [1.29, 1.82) is 0 Å². The van der Waals surface area contributed by atoms with Gasteiger partial charge in [0.05, 0.1) is 22.2 Å². The summed E-state index contributed by atoms with van der Waals surface area (Å²) in [5, 5.41) is 10.4. The summed E-state index contributed by atoms with van der Waals surface area (Å²) in [4.78, 5) is 27.0. The van der Waals surface area contributed by atoms with Gasteiger partial charge in [0.15, 0.2) is 0 Å². The smallest absolute Gasteiger partial charge is 0.350 e. The molecule has 2 heterocycles. The number of aromatic nitrogens is 2. The number of nitrogens with two attached hydrogens (primary N) is 1. The van der Waals surface area contributed by atoms with Crippen molar-refractivity contribution in [3.8, 4) is 0 Å². The quantitative estimate of drug-likeness (QED) is 0.787. The zero-order valence-corrected chi connectivity index (χ0v) is 15.8. The molecule has 7 nitrogen and oxygen atoms in total. The fourth-order valence-electron chi connectivity index (χ4n) is 4.26. The lowest BCUT2D eigenvalue weighted by Crippen LogP contribution is -2.44. The van der Waals surface area contributed by atoms with Gasteiger partial charge in [0.1, 0.15) is 5.82 Å². The highest BCUT2D eigenvalue weighted by Crippen LogP contribution is 2.40. The monoisotopic (exact) mass is 376 g/mol. The number of halogens is 1. The van der Waals surface area contributed by atoms with E-state index in [1.807, 2.05) is 4.90 Å². The predicted molar refractivity (Wildman–Crippen MR) is 102 cm³/mol. The molecule has 0 spiro atoms. The lowest BCUT2D eigenvalue weighted by molar-refractivity contribution is 0.0263. The van der Waals surface area contributed by atoms with Gasteiger partial charge in [0.2, 0.25) is 0 Å². The van der Waals surface area contributed by atoms with Crippen LogP contribution in [0.4, 0.5) is 10.1 Å². The Morgan fingerprint density at radius 1 is 1.26 bits per heavy atom. The molecule has 2 fully saturated rings. The molecule has 1 aliphatic carbocycles. The van der Waals surface area contributed by atoms with Crippen molar-refractivity contribution >= 4 is 16.6 Å². The molecule has 1 aromatic carbocycles. The van der Waals surface area contributed by atoms with Crippen LogP contribution in [0.5, 0.6) is 0 Å². The molecular weight excluding hydrogens is 351 g/mol. The summed E-state index contributed by atoms with van der Waals surface area (Å²) in [5.74, 6) is 5.17. The topological polar surface area (TPSA) is 93.5 Å². The van der Waals surface area contributed by atoms with Gasteiger partial charge in [-0.2, -0.15) is 4.68 Å². The average Bonchev–Trinajstić information content (AvgIpc) is 3.29. The van der Waals surface area contributed by atoms with Gasteiger partial charge in [-0.1, -0.05) is 0 Å². The Bertz CT molecular complexity index is 1050. The minimum absolute atomic E-state index is 0.00453. The van der Waals surface area contributed by atoms with Crippen molar-refractivity contribution in [3.63, 3.8) is 0 Å². The van der Waals surface area contributed by atoms with E-state index >= 15 is 4.39 Å². The Kier molecular flexibility index (Phi) is 3.89. The van der Waals surface area contributed by atoms with E-state index in [-0.39, 0.29) is 17.3 Å². The highest BCUT2D eigenvalue weighted by molar-refractivity contribution is 5.87. The van der Waals surface area contributed by atoms with Crippen LogP contribution in [-0.4, -0.2) is 33.0 Å². The number of benzene rings is 1. The van der Waals surface area contributed by atoms with Crippen molar-refractivity contribution in [2.45, 2.75) is 51.7 Å². The summed E-state index contributed by atoms with van der Waals surface area (Å²) in [5.41, 5.74) is -0.653. The number of nitrogens with zero attached hydrogens (tertiary/aromatic N) is 3. The molecule has 8 heteroatoms. The minimum Gasteiger partial charge on any atom is -0.390 e. The molecule has 146 valence electrons. The fraction of sp³-hybridized carbons (Fsp3) is 0.579. The van der Waals surface area contributed by atoms with Crippen LogP contribution in [-0.2, 0) is 0 Å². The van der Waals surface area contributed by atoms with Crippen LogP contribution in [0.1, 0.15) is 44.7 Å². The molecular formula is C19H25FN4O3. The first-order valence-corrected chi connectivity index (χ1v) is 9.34. The van der Waals surface area contributed by atoms with Crippen LogP contribution < -0.4 is 22.0 Å². The molecule has 1 atom stereocenters. The summed E-state index contributed by atoms with van der Waals surface area (Å²) in [6.07, 6.45) is 2.42. The third kappa shape index (κ3) is 2.74. The summed E-state index contributed by atoms with van der Waals surface area (Å²) < 4.78 is 17.1. The summed E-state index contributed by atoms with van der Waals surface area (Å²) in [7, 11) is 0. The van der Waals surface area contributed by atoms with E-state index in [9.17, 15) is 14.7 Å². The minimum atomic E-state index is -0.848. The lowest BCUT2D eigenvalue weighted by atomic mass is 9.90. The molecule has 1 aromatic heterocycles. The number of anilines is 1. The van der Waals surface area contributed by atoms with E-state index < -0.39 is 22.7 Å². The first-order valence-electron chi connectivity index (χ1n) is 9.34. The van der Waals surface area contributed by atoms with Gasteiger partial charge >= 0.3 is 5.69 Å². The second-order valence-electron chi connectivity index (χ2n) is 8.37. The third-order valence-corrected chi connectivity index (χ3v) is 5.98. The number of hydrogen-bond acceptors (Lipinski definition) is 5. The standard InChI is InChI=1S/C19H25FN4O3/c1-10-15-13(17(25)24(21)18(26)23(15)12-4-5-12)8-14(20)16(10)22-7-6-11(9-22)19(2,3)27/h8,11-12,27H,4-7,9,21H2,1-3H3. The molecule has 2 aliphatic rings. The number of aryl methyl sites for hydroxylation is 1. The second kappa shape index (κ2) is 5.82. The Morgan fingerprint density at radius 3 is 2.48 bits per heavy atom. The van der Waals surface area contributed by atoms with Crippen LogP contribution in [0, 0.1) is 18.7 Å². The highest BCUT2D eigenvalue weighted by Gasteiger charge is 2.36. The van der Waals surface area contributed by atoms with E-state index in [0.29, 0.717) is 34.5 Å². The van der Waals surface area contributed by atoms with Crippen LogP contribution in [0.3, 0.4) is 0 Å². The van der Waals surface area contributed by atoms with Gasteiger partial charge in [0.25, 0.3) is 5.56 Å². The third-order valence-electron chi connectivity index (χ3n) is 5.98. The molecule has 3 N–H and O–H groups in total. The Morgan fingerprint density at radius 2 is 1.93 bits per heavy atom. The van der Waals surface area contributed by atoms with Crippen LogP contribution in [0.25, 0.3) is 10.9 Å². The van der Waals surface area contributed by atoms with Gasteiger partial charge in [-0.15, -0.1) is 0 Å². The number of fused-ring (bicyclic) bond motifs is 1. The van der Waals surface area contributed by atoms with Gasteiger partial charge in [-0.05, 0) is 46.1 Å². The maximum atomic E-state index is 15.0. The maximum absolute atomic E-state index is 15.0. The molecule has 1 aliphatic heterocycles. The first kappa shape index (κ1) is 18.0.